The Morgan fingerprint density at radius 1 is 0.903 bits per heavy atom. The monoisotopic (exact) mass is 436 g/mol. The van der Waals surface area contributed by atoms with E-state index in [9.17, 15) is 13.2 Å². The highest BCUT2D eigenvalue weighted by atomic mass is 32.2. The number of carbonyl (C=O) groups is 1. The fourth-order valence-corrected chi connectivity index (χ4v) is 4.86. The average molecular weight is 437 g/mol. The van der Waals surface area contributed by atoms with E-state index in [0.717, 1.165) is 22.3 Å². The van der Waals surface area contributed by atoms with Crippen LogP contribution >= 0.6 is 0 Å². The molecule has 0 aliphatic rings. The van der Waals surface area contributed by atoms with Crippen LogP contribution < -0.4 is 9.62 Å². The van der Waals surface area contributed by atoms with Gasteiger partial charge in [-0.3, -0.25) is 9.10 Å². The third-order valence-electron chi connectivity index (χ3n) is 5.42. The van der Waals surface area contributed by atoms with Gasteiger partial charge in [0.25, 0.3) is 10.0 Å². The van der Waals surface area contributed by atoms with Gasteiger partial charge in [-0.25, -0.2) is 8.42 Å². The van der Waals surface area contributed by atoms with Gasteiger partial charge in [0.15, 0.2) is 0 Å². The van der Waals surface area contributed by atoms with Crippen molar-refractivity contribution in [2.24, 2.45) is 0 Å². The predicted octanol–water partition coefficient (Wildman–Crippen LogP) is 4.68. The van der Waals surface area contributed by atoms with Gasteiger partial charge in [-0.1, -0.05) is 60.2 Å². The molecule has 0 heterocycles. The molecule has 0 aliphatic heterocycles. The van der Waals surface area contributed by atoms with Crippen LogP contribution in [-0.4, -0.2) is 20.9 Å². The van der Waals surface area contributed by atoms with Gasteiger partial charge in [0.05, 0.1) is 16.6 Å². The van der Waals surface area contributed by atoms with Gasteiger partial charge in [-0.2, -0.15) is 0 Å². The fourth-order valence-electron chi connectivity index (χ4n) is 3.39. The van der Waals surface area contributed by atoms with Gasteiger partial charge in [0, 0.05) is 0 Å². The Kier molecular flexibility index (Phi) is 6.81. The molecule has 0 bridgehead atoms. The molecule has 3 aromatic rings. The summed E-state index contributed by atoms with van der Waals surface area (Å²) in [4.78, 5) is 13.1. The Hall–Kier alpha value is -3.12. The molecule has 0 saturated heterocycles. The number of sulfonamides is 1. The lowest BCUT2D eigenvalue weighted by atomic mass is 10.1. The van der Waals surface area contributed by atoms with Crippen molar-refractivity contribution in [3.05, 3.63) is 95.1 Å². The Morgan fingerprint density at radius 2 is 1.55 bits per heavy atom. The maximum Gasteiger partial charge on any atom is 0.264 e. The quantitative estimate of drug-likeness (QED) is 0.585. The van der Waals surface area contributed by atoms with E-state index in [1.165, 1.54) is 4.31 Å². The van der Waals surface area contributed by atoms with Crippen LogP contribution in [0.1, 0.15) is 35.2 Å². The third-order valence-corrected chi connectivity index (χ3v) is 7.19. The first-order valence-corrected chi connectivity index (χ1v) is 11.6. The molecule has 0 spiro atoms. The van der Waals surface area contributed by atoms with Gasteiger partial charge in [0.2, 0.25) is 5.91 Å². The number of aryl methyl sites for hydroxylation is 2. The van der Waals surface area contributed by atoms with Crippen molar-refractivity contribution in [3.63, 3.8) is 0 Å². The van der Waals surface area contributed by atoms with Crippen molar-refractivity contribution in [1.82, 2.24) is 5.32 Å². The first-order chi connectivity index (χ1) is 14.7. The van der Waals surface area contributed by atoms with Gasteiger partial charge in [0.1, 0.15) is 6.54 Å². The predicted molar refractivity (Wildman–Crippen MR) is 125 cm³/mol. The Morgan fingerprint density at radius 3 is 2.19 bits per heavy atom. The summed E-state index contributed by atoms with van der Waals surface area (Å²) in [5.41, 5.74) is 4.20. The van der Waals surface area contributed by atoms with Crippen LogP contribution in [0.3, 0.4) is 0 Å². The lowest BCUT2D eigenvalue weighted by Gasteiger charge is -2.27. The van der Waals surface area contributed by atoms with E-state index in [-0.39, 0.29) is 23.4 Å². The van der Waals surface area contributed by atoms with Crippen molar-refractivity contribution < 1.29 is 13.2 Å². The zero-order valence-electron chi connectivity index (χ0n) is 18.3. The standard InChI is InChI=1S/C25H28N2O3S/c1-18-13-15-23(16-14-18)31(29,30)27(24-12-8-9-19(2)20(24)3)17-25(28)26-21(4)22-10-6-5-7-11-22/h5-16,21H,17H2,1-4H3,(H,26,28)/t21-/m0/s1. The molecule has 5 nitrogen and oxygen atoms in total. The van der Waals surface area contributed by atoms with Gasteiger partial charge in [-0.15, -0.1) is 0 Å². The van der Waals surface area contributed by atoms with Crippen molar-refractivity contribution >= 4 is 21.6 Å². The zero-order valence-corrected chi connectivity index (χ0v) is 19.1. The number of nitrogens with zero attached hydrogens (tertiary/aromatic N) is 1. The minimum absolute atomic E-state index is 0.155. The summed E-state index contributed by atoms with van der Waals surface area (Å²) >= 11 is 0. The van der Waals surface area contributed by atoms with Crippen LogP contribution in [0, 0.1) is 20.8 Å². The normalized spacial score (nSPS) is 12.3. The molecule has 1 N–H and O–H groups in total. The van der Waals surface area contributed by atoms with E-state index in [1.54, 1.807) is 36.4 Å². The molecule has 162 valence electrons. The molecule has 3 rings (SSSR count). The molecular formula is C25H28N2O3S. The van der Waals surface area contributed by atoms with E-state index in [1.807, 2.05) is 64.1 Å². The second-order valence-corrected chi connectivity index (χ2v) is 9.61. The summed E-state index contributed by atoms with van der Waals surface area (Å²) in [6, 6.07) is 21.5. The zero-order chi connectivity index (χ0) is 22.6. The lowest BCUT2D eigenvalue weighted by molar-refractivity contribution is -0.120. The Labute approximate surface area is 184 Å². The number of amides is 1. The SMILES string of the molecule is Cc1ccc(S(=O)(=O)N(CC(=O)N[C@@H](C)c2ccccc2)c2cccc(C)c2C)cc1. The van der Waals surface area contributed by atoms with Crippen molar-refractivity contribution in [3.8, 4) is 0 Å². The van der Waals surface area contributed by atoms with E-state index in [2.05, 4.69) is 5.32 Å². The summed E-state index contributed by atoms with van der Waals surface area (Å²) < 4.78 is 28.3. The van der Waals surface area contributed by atoms with E-state index in [4.69, 9.17) is 0 Å². The fraction of sp³-hybridized carbons (Fsp3) is 0.240. The van der Waals surface area contributed by atoms with Crippen molar-refractivity contribution in [1.29, 1.82) is 0 Å². The minimum Gasteiger partial charge on any atom is -0.348 e. The smallest absolute Gasteiger partial charge is 0.264 e. The molecule has 0 unspecified atom stereocenters. The molecule has 0 fully saturated rings. The van der Waals surface area contributed by atoms with Crippen LogP contribution in [0.4, 0.5) is 5.69 Å². The summed E-state index contributed by atoms with van der Waals surface area (Å²) in [6.45, 7) is 7.26. The molecule has 31 heavy (non-hydrogen) atoms. The Bertz CT molecular complexity index is 1160. The summed E-state index contributed by atoms with van der Waals surface area (Å²) in [5.74, 6) is -0.368. The van der Waals surface area contributed by atoms with Crippen LogP contribution in [0.2, 0.25) is 0 Å². The molecule has 0 saturated carbocycles. The van der Waals surface area contributed by atoms with Crippen molar-refractivity contribution in [2.45, 2.75) is 38.6 Å². The van der Waals surface area contributed by atoms with Crippen LogP contribution in [0.15, 0.2) is 77.7 Å². The van der Waals surface area contributed by atoms with Gasteiger partial charge >= 0.3 is 0 Å². The molecule has 1 amide bonds. The molecule has 3 aromatic carbocycles. The summed E-state index contributed by atoms with van der Waals surface area (Å²) in [7, 11) is -3.93. The first kappa shape index (κ1) is 22.6. The highest BCUT2D eigenvalue weighted by Gasteiger charge is 2.29. The van der Waals surface area contributed by atoms with E-state index >= 15 is 0 Å². The largest absolute Gasteiger partial charge is 0.348 e. The second kappa shape index (κ2) is 9.35. The van der Waals surface area contributed by atoms with Crippen molar-refractivity contribution in [2.75, 3.05) is 10.8 Å². The van der Waals surface area contributed by atoms with Gasteiger partial charge < -0.3 is 5.32 Å². The number of hydrogen-bond acceptors (Lipinski definition) is 3. The van der Waals surface area contributed by atoms with Crippen LogP contribution in [0.5, 0.6) is 0 Å². The lowest BCUT2D eigenvalue weighted by Crippen LogP contribution is -2.42. The number of benzene rings is 3. The summed E-state index contributed by atoms with van der Waals surface area (Å²) in [5, 5.41) is 2.92. The van der Waals surface area contributed by atoms with Crippen LogP contribution in [-0.2, 0) is 14.8 Å². The number of rotatable bonds is 7. The maximum atomic E-state index is 13.5. The second-order valence-electron chi connectivity index (χ2n) is 7.74. The number of carbonyl (C=O) groups excluding carboxylic acids is 1. The molecule has 1 atom stereocenters. The molecule has 0 aromatic heterocycles. The highest BCUT2D eigenvalue weighted by Crippen LogP contribution is 2.28. The van der Waals surface area contributed by atoms with E-state index in [0.29, 0.717) is 5.69 Å². The third kappa shape index (κ3) is 5.14. The Balaban J connectivity index is 1.95. The molecule has 0 radical (unpaired) electrons. The molecule has 0 aliphatic carbocycles. The highest BCUT2D eigenvalue weighted by molar-refractivity contribution is 7.92. The van der Waals surface area contributed by atoms with E-state index < -0.39 is 10.0 Å². The molecular weight excluding hydrogens is 408 g/mol. The summed E-state index contributed by atoms with van der Waals surface area (Å²) in [6.07, 6.45) is 0. The number of anilines is 1. The maximum absolute atomic E-state index is 13.5. The number of hydrogen-bond donors (Lipinski definition) is 1. The first-order valence-electron chi connectivity index (χ1n) is 10.2. The van der Waals surface area contributed by atoms with Crippen LogP contribution in [0.25, 0.3) is 0 Å². The van der Waals surface area contributed by atoms with Gasteiger partial charge in [-0.05, 0) is 62.6 Å². The number of nitrogens with one attached hydrogen (secondary N) is 1. The molecule has 6 heteroatoms. The minimum atomic E-state index is -3.93. The topological polar surface area (TPSA) is 66.5 Å². The average Bonchev–Trinajstić information content (AvgIpc) is 2.75.